The molecule has 0 saturated heterocycles. The molecular weight excluding hydrogens is 200 g/mol. The van der Waals surface area contributed by atoms with Gasteiger partial charge in [0.1, 0.15) is 0 Å². The van der Waals surface area contributed by atoms with Gasteiger partial charge in [0.15, 0.2) is 0 Å². The second-order valence-electron chi connectivity index (χ2n) is 3.59. The normalized spacial score (nSPS) is 10.0. The lowest BCUT2D eigenvalue weighted by molar-refractivity contribution is 1.54. The summed E-state index contributed by atoms with van der Waals surface area (Å²) >= 11 is 0. The Labute approximate surface area is 94.1 Å². The smallest absolute Gasteiger partial charge is 0.0638 e. The average Bonchev–Trinajstić information content (AvgIpc) is 2.27. The minimum absolute atomic E-state index is 0.658. The molecule has 2 aromatic rings. The van der Waals surface area contributed by atoms with E-state index in [4.69, 9.17) is 17.2 Å². The first kappa shape index (κ1) is 10.2. The van der Waals surface area contributed by atoms with Gasteiger partial charge in [-0.1, -0.05) is 0 Å². The van der Waals surface area contributed by atoms with Crippen molar-refractivity contribution < 1.29 is 0 Å². The molecule has 0 unspecified atom stereocenters. The van der Waals surface area contributed by atoms with Gasteiger partial charge in [-0.2, -0.15) is 0 Å². The Balaban J connectivity index is 2.26. The number of nitrogens with one attached hydrogen (secondary N) is 1. The number of nitrogen functional groups attached to an aromatic ring is 3. The van der Waals surface area contributed by atoms with Crippen molar-refractivity contribution in [2.75, 3.05) is 22.5 Å². The second kappa shape index (κ2) is 4.02. The molecule has 0 spiro atoms. The molecule has 0 aliphatic heterocycles. The van der Waals surface area contributed by atoms with E-state index in [2.05, 4.69) is 5.32 Å². The maximum absolute atomic E-state index is 5.82. The van der Waals surface area contributed by atoms with E-state index in [1.807, 2.05) is 24.3 Å². The highest BCUT2D eigenvalue weighted by atomic mass is 14.9. The van der Waals surface area contributed by atoms with Crippen molar-refractivity contribution in [1.29, 1.82) is 0 Å². The van der Waals surface area contributed by atoms with E-state index in [1.54, 1.807) is 18.2 Å². The zero-order chi connectivity index (χ0) is 11.5. The average molecular weight is 214 g/mol. The van der Waals surface area contributed by atoms with Crippen molar-refractivity contribution in [2.24, 2.45) is 0 Å². The summed E-state index contributed by atoms with van der Waals surface area (Å²) in [5, 5.41) is 3.18. The molecule has 0 amide bonds. The third-order valence-electron chi connectivity index (χ3n) is 2.27. The molecule has 0 radical (unpaired) electrons. The van der Waals surface area contributed by atoms with E-state index in [-0.39, 0.29) is 0 Å². The summed E-state index contributed by atoms with van der Waals surface area (Å²) in [4.78, 5) is 0. The third-order valence-corrected chi connectivity index (χ3v) is 2.27. The molecule has 2 rings (SSSR count). The first-order chi connectivity index (χ1) is 7.65. The molecule has 4 nitrogen and oxygen atoms in total. The fourth-order valence-corrected chi connectivity index (χ4v) is 1.40. The number of hydrogen-bond acceptors (Lipinski definition) is 4. The first-order valence-corrected chi connectivity index (χ1v) is 4.93. The molecule has 82 valence electrons. The number of anilines is 5. The Morgan fingerprint density at radius 2 is 1.38 bits per heavy atom. The zero-order valence-corrected chi connectivity index (χ0v) is 8.77. The quantitative estimate of drug-likeness (QED) is 0.577. The van der Waals surface area contributed by atoms with E-state index in [0.29, 0.717) is 11.4 Å². The van der Waals surface area contributed by atoms with Crippen LogP contribution in [0.5, 0.6) is 0 Å². The van der Waals surface area contributed by atoms with Crippen LogP contribution in [0.25, 0.3) is 0 Å². The van der Waals surface area contributed by atoms with Gasteiger partial charge in [0.25, 0.3) is 0 Å². The molecule has 0 aromatic heterocycles. The molecule has 0 heterocycles. The van der Waals surface area contributed by atoms with Crippen LogP contribution in [0.2, 0.25) is 0 Å². The third kappa shape index (κ3) is 2.17. The van der Waals surface area contributed by atoms with Crippen LogP contribution in [-0.4, -0.2) is 0 Å². The minimum Gasteiger partial charge on any atom is -0.399 e. The maximum atomic E-state index is 5.82. The van der Waals surface area contributed by atoms with Gasteiger partial charge in [-0.15, -0.1) is 0 Å². The molecule has 4 heteroatoms. The molecule has 0 atom stereocenters. The lowest BCUT2D eigenvalue weighted by atomic mass is 10.2. The second-order valence-corrected chi connectivity index (χ2v) is 3.59. The highest BCUT2D eigenvalue weighted by Gasteiger charge is 2.00. The lowest BCUT2D eigenvalue weighted by Crippen LogP contribution is -1.98. The Kier molecular flexibility index (Phi) is 2.55. The molecule has 0 aliphatic carbocycles. The maximum Gasteiger partial charge on any atom is 0.0638 e. The van der Waals surface area contributed by atoms with E-state index >= 15 is 0 Å². The summed E-state index contributed by atoms with van der Waals surface area (Å²) in [6.07, 6.45) is 0. The van der Waals surface area contributed by atoms with Crippen molar-refractivity contribution in [3.05, 3.63) is 42.5 Å². The van der Waals surface area contributed by atoms with Crippen LogP contribution in [-0.2, 0) is 0 Å². The number of nitrogens with two attached hydrogens (primary N) is 3. The SMILES string of the molecule is Nc1ccc(Nc2cc(N)ccc2N)cc1. The van der Waals surface area contributed by atoms with E-state index in [0.717, 1.165) is 17.1 Å². The predicted octanol–water partition coefficient (Wildman–Crippen LogP) is 2.18. The molecule has 2 aromatic carbocycles. The van der Waals surface area contributed by atoms with Gasteiger partial charge in [-0.05, 0) is 42.5 Å². The fourth-order valence-electron chi connectivity index (χ4n) is 1.40. The molecular formula is C12H14N4. The molecule has 0 aliphatic rings. The highest BCUT2D eigenvalue weighted by molar-refractivity contribution is 5.76. The van der Waals surface area contributed by atoms with E-state index in [1.165, 1.54) is 0 Å². The highest BCUT2D eigenvalue weighted by Crippen LogP contribution is 2.25. The van der Waals surface area contributed by atoms with Crippen LogP contribution in [0.4, 0.5) is 28.4 Å². The van der Waals surface area contributed by atoms with Crippen molar-refractivity contribution in [2.45, 2.75) is 0 Å². The Morgan fingerprint density at radius 1 is 0.750 bits per heavy atom. The molecule has 7 N–H and O–H groups in total. The van der Waals surface area contributed by atoms with Crippen LogP contribution in [0, 0.1) is 0 Å². The summed E-state index contributed by atoms with van der Waals surface area (Å²) in [5.74, 6) is 0. The van der Waals surface area contributed by atoms with Gasteiger partial charge in [0.05, 0.1) is 11.4 Å². The number of benzene rings is 2. The molecule has 0 bridgehead atoms. The van der Waals surface area contributed by atoms with Crippen molar-refractivity contribution in [3.8, 4) is 0 Å². The summed E-state index contributed by atoms with van der Waals surface area (Å²) in [6.45, 7) is 0. The largest absolute Gasteiger partial charge is 0.399 e. The molecule has 0 saturated carbocycles. The number of hydrogen-bond donors (Lipinski definition) is 4. The summed E-state index contributed by atoms with van der Waals surface area (Å²) < 4.78 is 0. The van der Waals surface area contributed by atoms with Crippen molar-refractivity contribution in [3.63, 3.8) is 0 Å². The van der Waals surface area contributed by atoms with Gasteiger partial charge < -0.3 is 22.5 Å². The monoisotopic (exact) mass is 214 g/mol. The van der Waals surface area contributed by atoms with Gasteiger partial charge in [-0.3, -0.25) is 0 Å². The first-order valence-electron chi connectivity index (χ1n) is 4.93. The van der Waals surface area contributed by atoms with Gasteiger partial charge in [0, 0.05) is 17.1 Å². The van der Waals surface area contributed by atoms with Crippen LogP contribution in [0.15, 0.2) is 42.5 Å². The van der Waals surface area contributed by atoms with Crippen molar-refractivity contribution >= 4 is 28.4 Å². The van der Waals surface area contributed by atoms with Gasteiger partial charge >= 0.3 is 0 Å². The van der Waals surface area contributed by atoms with Crippen LogP contribution in [0.1, 0.15) is 0 Å². The Morgan fingerprint density at radius 3 is 2.06 bits per heavy atom. The summed E-state index contributed by atoms with van der Waals surface area (Å²) in [7, 11) is 0. The summed E-state index contributed by atoms with van der Waals surface area (Å²) in [6, 6.07) is 12.8. The van der Waals surface area contributed by atoms with E-state index < -0.39 is 0 Å². The van der Waals surface area contributed by atoms with Crippen molar-refractivity contribution in [1.82, 2.24) is 0 Å². The topological polar surface area (TPSA) is 90.1 Å². The zero-order valence-electron chi connectivity index (χ0n) is 8.77. The van der Waals surface area contributed by atoms with Crippen LogP contribution >= 0.6 is 0 Å². The summed E-state index contributed by atoms with van der Waals surface area (Å²) in [5.41, 5.74) is 20.9. The standard InChI is InChI=1S/C12H14N4/c13-8-1-4-10(5-2-8)16-12-7-9(14)3-6-11(12)15/h1-7,16H,13-15H2. The van der Waals surface area contributed by atoms with Gasteiger partial charge in [-0.25, -0.2) is 0 Å². The Bertz CT molecular complexity index is 491. The number of rotatable bonds is 2. The molecule has 0 fully saturated rings. The Hall–Kier alpha value is -2.36. The fraction of sp³-hybridized carbons (Fsp3) is 0. The molecule has 16 heavy (non-hydrogen) atoms. The lowest BCUT2D eigenvalue weighted by Gasteiger charge is -2.10. The predicted molar refractivity (Wildman–Crippen MR) is 69.4 cm³/mol. The van der Waals surface area contributed by atoms with Gasteiger partial charge in [0.2, 0.25) is 0 Å². The van der Waals surface area contributed by atoms with Crippen LogP contribution < -0.4 is 22.5 Å². The minimum atomic E-state index is 0.658. The van der Waals surface area contributed by atoms with E-state index in [9.17, 15) is 0 Å². The van der Waals surface area contributed by atoms with Crippen LogP contribution in [0.3, 0.4) is 0 Å².